The molecule has 0 aliphatic carbocycles. The fourth-order valence-corrected chi connectivity index (χ4v) is 2.43. The molecule has 0 heterocycles. The van der Waals surface area contributed by atoms with Crippen molar-refractivity contribution in [2.24, 2.45) is 0 Å². The highest BCUT2D eigenvalue weighted by Gasteiger charge is 2.07. The topological polar surface area (TPSA) is 75.6 Å². The zero-order valence-electron chi connectivity index (χ0n) is 10.6. The number of hydrogen-bond donors (Lipinski definition) is 2. The van der Waals surface area contributed by atoms with Crippen LogP contribution in [-0.2, 0) is 9.53 Å². The number of nitrogens with one attached hydrogen (secondary N) is 1. The molecule has 0 bridgehead atoms. The minimum Gasteiger partial charge on any atom is -0.481 e. The molecule has 0 atom stereocenters. The standard InChI is InChI=1S/C13H14ClNO4S/c1-2-6-19-13(18)15-9-3-4-11(10(14)8-9)20-7-5-12(16)17/h2-4,8H,1,5-7H2,(H,15,18)(H,16,17). The SMILES string of the molecule is C=CCOC(=O)Nc1ccc(SCCC(=O)O)c(Cl)c1. The molecular weight excluding hydrogens is 302 g/mol. The summed E-state index contributed by atoms with van der Waals surface area (Å²) < 4.78 is 4.77. The number of carbonyl (C=O) groups is 2. The van der Waals surface area contributed by atoms with Crippen molar-refractivity contribution in [3.05, 3.63) is 35.9 Å². The van der Waals surface area contributed by atoms with E-state index in [2.05, 4.69) is 11.9 Å². The second-order valence-electron chi connectivity index (χ2n) is 3.65. The van der Waals surface area contributed by atoms with Crippen LogP contribution in [0.4, 0.5) is 10.5 Å². The smallest absolute Gasteiger partial charge is 0.411 e. The molecule has 1 rings (SSSR count). The van der Waals surface area contributed by atoms with Crippen molar-refractivity contribution in [3.63, 3.8) is 0 Å². The molecule has 2 N–H and O–H groups in total. The van der Waals surface area contributed by atoms with Gasteiger partial charge in [-0.2, -0.15) is 0 Å². The Balaban J connectivity index is 2.56. The number of anilines is 1. The Morgan fingerprint density at radius 3 is 2.85 bits per heavy atom. The van der Waals surface area contributed by atoms with Gasteiger partial charge in [0, 0.05) is 16.3 Å². The molecule has 0 radical (unpaired) electrons. The van der Waals surface area contributed by atoms with E-state index in [9.17, 15) is 9.59 Å². The molecule has 0 fully saturated rings. The molecule has 7 heteroatoms. The summed E-state index contributed by atoms with van der Waals surface area (Å²) in [6.07, 6.45) is 0.941. The summed E-state index contributed by atoms with van der Waals surface area (Å²) in [7, 11) is 0. The van der Waals surface area contributed by atoms with Crippen LogP contribution in [0.2, 0.25) is 5.02 Å². The summed E-state index contributed by atoms with van der Waals surface area (Å²) in [6, 6.07) is 4.97. The molecule has 1 aromatic rings. The molecule has 5 nitrogen and oxygen atoms in total. The Morgan fingerprint density at radius 2 is 2.25 bits per heavy atom. The number of hydrogen-bond acceptors (Lipinski definition) is 4. The molecule has 0 saturated heterocycles. The first-order valence-corrected chi connectivity index (χ1v) is 7.08. The number of halogens is 1. The average molecular weight is 316 g/mol. The van der Waals surface area contributed by atoms with Gasteiger partial charge in [0.2, 0.25) is 0 Å². The molecule has 0 unspecified atom stereocenters. The van der Waals surface area contributed by atoms with Crippen molar-refractivity contribution in [1.82, 2.24) is 0 Å². The molecule has 20 heavy (non-hydrogen) atoms. The minimum atomic E-state index is -0.850. The summed E-state index contributed by atoms with van der Waals surface area (Å²) in [6.45, 7) is 3.56. The Kier molecular flexibility index (Phi) is 6.97. The highest BCUT2D eigenvalue weighted by molar-refractivity contribution is 7.99. The predicted octanol–water partition coefficient (Wildman–Crippen LogP) is 3.64. The van der Waals surface area contributed by atoms with Gasteiger partial charge in [0.25, 0.3) is 0 Å². The van der Waals surface area contributed by atoms with Crippen molar-refractivity contribution in [2.75, 3.05) is 17.7 Å². The van der Waals surface area contributed by atoms with Crippen molar-refractivity contribution in [2.45, 2.75) is 11.3 Å². The number of ether oxygens (including phenoxy) is 1. The van der Waals surface area contributed by atoms with E-state index in [-0.39, 0.29) is 13.0 Å². The number of benzene rings is 1. The molecule has 0 saturated carbocycles. The maximum absolute atomic E-state index is 11.3. The second kappa shape index (κ2) is 8.50. The zero-order chi connectivity index (χ0) is 15.0. The van der Waals surface area contributed by atoms with E-state index in [0.717, 1.165) is 4.90 Å². The van der Waals surface area contributed by atoms with Gasteiger partial charge in [-0.3, -0.25) is 10.1 Å². The predicted molar refractivity (Wildman–Crippen MR) is 79.6 cm³/mol. The van der Waals surface area contributed by atoms with Crippen LogP contribution >= 0.6 is 23.4 Å². The van der Waals surface area contributed by atoms with Gasteiger partial charge in [0.1, 0.15) is 6.61 Å². The Labute approximate surface area is 126 Å². The first-order valence-electron chi connectivity index (χ1n) is 5.71. The lowest BCUT2D eigenvalue weighted by Gasteiger charge is -2.08. The summed E-state index contributed by atoms with van der Waals surface area (Å²) in [5.74, 6) is -0.416. The number of carboxylic acids is 1. The zero-order valence-corrected chi connectivity index (χ0v) is 12.2. The van der Waals surface area contributed by atoms with Gasteiger partial charge in [-0.15, -0.1) is 11.8 Å². The van der Waals surface area contributed by atoms with Gasteiger partial charge in [0.15, 0.2) is 0 Å². The van der Waals surface area contributed by atoms with E-state index in [1.165, 1.54) is 17.8 Å². The number of carbonyl (C=O) groups excluding carboxylic acids is 1. The summed E-state index contributed by atoms with van der Waals surface area (Å²) >= 11 is 7.40. The quantitative estimate of drug-likeness (QED) is 0.593. The number of aliphatic carboxylic acids is 1. The first kappa shape index (κ1) is 16.4. The van der Waals surface area contributed by atoms with Crippen LogP contribution < -0.4 is 5.32 Å². The van der Waals surface area contributed by atoms with Crippen molar-refractivity contribution in [3.8, 4) is 0 Å². The van der Waals surface area contributed by atoms with Gasteiger partial charge in [-0.25, -0.2) is 4.79 Å². The third-order valence-corrected chi connectivity index (χ3v) is 3.58. The van der Waals surface area contributed by atoms with E-state index in [0.29, 0.717) is 16.5 Å². The van der Waals surface area contributed by atoms with Crippen LogP contribution in [0.5, 0.6) is 0 Å². The lowest BCUT2D eigenvalue weighted by molar-refractivity contribution is -0.136. The fraction of sp³-hybridized carbons (Fsp3) is 0.231. The Bertz CT molecular complexity index is 507. The average Bonchev–Trinajstić information content (AvgIpc) is 2.38. The number of carboxylic acid groups (broad SMARTS) is 1. The van der Waals surface area contributed by atoms with Crippen LogP contribution in [0, 0.1) is 0 Å². The van der Waals surface area contributed by atoms with Gasteiger partial charge in [-0.1, -0.05) is 24.3 Å². The van der Waals surface area contributed by atoms with Crippen LogP contribution in [0.1, 0.15) is 6.42 Å². The Morgan fingerprint density at radius 1 is 1.50 bits per heavy atom. The second-order valence-corrected chi connectivity index (χ2v) is 5.19. The maximum atomic E-state index is 11.3. The van der Waals surface area contributed by atoms with Crippen LogP contribution in [0.25, 0.3) is 0 Å². The monoisotopic (exact) mass is 315 g/mol. The molecule has 0 aliphatic rings. The van der Waals surface area contributed by atoms with Crippen LogP contribution in [0.3, 0.4) is 0 Å². The highest BCUT2D eigenvalue weighted by atomic mass is 35.5. The summed E-state index contributed by atoms with van der Waals surface area (Å²) in [5, 5.41) is 11.5. The van der Waals surface area contributed by atoms with Crippen molar-refractivity contribution >= 4 is 41.1 Å². The normalized spacial score (nSPS) is 9.85. The molecule has 108 valence electrons. The van der Waals surface area contributed by atoms with E-state index in [1.807, 2.05) is 0 Å². The molecule has 1 amide bonds. The number of amides is 1. The molecule has 1 aromatic carbocycles. The summed E-state index contributed by atoms with van der Waals surface area (Å²) in [5.41, 5.74) is 0.506. The van der Waals surface area contributed by atoms with Crippen molar-refractivity contribution in [1.29, 1.82) is 0 Å². The van der Waals surface area contributed by atoms with Crippen LogP contribution in [-0.4, -0.2) is 29.5 Å². The fourth-order valence-electron chi connectivity index (χ4n) is 1.23. The number of thioether (sulfide) groups is 1. The van der Waals surface area contributed by atoms with Gasteiger partial charge in [0.05, 0.1) is 11.4 Å². The molecular formula is C13H14ClNO4S. The Hall–Kier alpha value is -1.66. The molecule has 0 aromatic heterocycles. The highest BCUT2D eigenvalue weighted by Crippen LogP contribution is 2.30. The maximum Gasteiger partial charge on any atom is 0.411 e. The first-order chi connectivity index (χ1) is 9.52. The minimum absolute atomic E-state index is 0.0644. The lowest BCUT2D eigenvalue weighted by Crippen LogP contribution is -2.13. The van der Waals surface area contributed by atoms with E-state index < -0.39 is 12.1 Å². The number of rotatable bonds is 7. The van der Waals surface area contributed by atoms with Gasteiger partial charge >= 0.3 is 12.1 Å². The molecule has 0 spiro atoms. The largest absolute Gasteiger partial charge is 0.481 e. The van der Waals surface area contributed by atoms with Gasteiger partial charge < -0.3 is 9.84 Å². The van der Waals surface area contributed by atoms with Crippen LogP contribution in [0.15, 0.2) is 35.7 Å². The van der Waals surface area contributed by atoms with E-state index in [1.54, 1.807) is 18.2 Å². The van der Waals surface area contributed by atoms with E-state index in [4.69, 9.17) is 21.4 Å². The third-order valence-electron chi connectivity index (χ3n) is 2.08. The lowest BCUT2D eigenvalue weighted by atomic mass is 10.3. The third kappa shape index (κ3) is 5.99. The van der Waals surface area contributed by atoms with Crippen molar-refractivity contribution < 1.29 is 19.4 Å². The summed E-state index contributed by atoms with van der Waals surface area (Å²) in [4.78, 5) is 22.5. The molecule has 0 aliphatic heterocycles. The van der Waals surface area contributed by atoms with Gasteiger partial charge in [-0.05, 0) is 18.2 Å². The van der Waals surface area contributed by atoms with E-state index >= 15 is 0 Å².